The van der Waals surface area contributed by atoms with E-state index in [1.165, 1.54) is 0 Å². The predicted molar refractivity (Wildman–Crippen MR) is 104 cm³/mol. The van der Waals surface area contributed by atoms with Gasteiger partial charge in [-0.2, -0.15) is 0 Å². The van der Waals surface area contributed by atoms with E-state index in [2.05, 4.69) is 5.32 Å². The third kappa shape index (κ3) is 5.11. The molecule has 0 bridgehead atoms. The lowest BCUT2D eigenvalue weighted by atomic mass is 9.91. The molecule has 0 aliphatic heterocycles. The molecule has 2 aromatic carbocycles. The minimum Gasteiger partial charge on any atom is -0.489 e. The summed E-state index contributed by atoms with van der Waals surface area (Å²) in [7, 11) is 0. The summed E-state index contributed by atoms with van der Waals surface area (Å²) in [6, 6.07) is 14.4. The number of carboxylic acids is 1. The minimum absolute atomic E-state index is 0.224. The first-order chi connectivity index (χ1) is 13.0. The zero-order chi connectivity index (χ0) is 19.2. The topological polar surface area (TPSA) is 75.6 Å². The first kappa shape index (κ1) is 19.0. The van der Waals surface area contributed by atoms with Gasteiger partial charge in [-0.3, -0.25) is 4.79 Å². The number of halogens is 1. The number of anilines is 1. The molecule has 3 rings (SSSR count). The third-order valence-corrected chi connectivity index (χ3v) is 4.68. The molecule has 6 heteroatoms. The molecule has 0 spiro atoms. The SMILES string of the molecule is O=C(O)C1=C(C(=O)Nc2ccc(OCc3ccc(Cl)cc3)cc2)CCCC1. The van der Waals surface area contributed by atoms with Gasteiger partial charge in [0.1, 0.15) is 12.4 Å². The van der Waals surface area contributed by atoms with E-state index < -0.39 is 5.97 Å². The zero-order valence-electron chi connectivity index (χ0n) is 14.7. The van der Waals surface area contributed by atoms with Crippen LogP contribution < -0.4 is 10.1 Å². The number of rotatable bonds is 6. The highest BCUT2D eigenvalue weighted by Gasteiger charge is 2.23. The van der Waals surface area contributed by atoms with E-state index >= 15 is 0 Å². The van der Waals surface area contributed by atoms with Gasteiger partial charge in [-0.05, 0) is 67.6 Å². The van der Waals surface area contributed by atoms with Gasteiger partial charge in [0.2, 0.25) is 0 Å². The average molecular weight is 386 g/mol. The number of aliphatic carboxylic acids is 1. The maximum atomic E-state index is 12.4. The largest absolute Gasteiger partial charge is 0.489 e. The maximum absolute atomic E-state index is 12.4. The number of carbonyl (C=O) groups is 2. The lowest BCUT2D eigenvalue weighted by Crippen LogP contribution is -2.21. The van der Waals surface area contributed by atoms with Crippen molar-refractivity contribution in [3.63, 3.8) is 0 Å². The molecule has 2 aromatic rings. The van der Waals surface area contributed by atoms with Gasteiger partial charge in [0, 0.05) is 21.9 Å². The molecule has 140 valence electrons. The third-order valence-electron chi connectivity index (χ3n) is 4.43. The Morgan fingerprint density at radius 1 is 0.963 bits per heavy atom. The van der Waals surface area contributed by atoms with Gasteiger partial charge in [0.05, 0.1) is 0 Å². The molecule has 0 atom stereocenters. The van der Waals surface area contributed by atoms with Crippen LogP contribution in [-0.4, -0.2) is 17.0 Å². The van der Waals surface area contributed by atoms with Crippen LogP contribution in [0.3, 0.4) is 0 Å². The van der Waals surface area contributed by atoms with Gasteiger partial charge in [-0.25, -0.2) is 4.79 Å². The van der Waals surface area contributed by atoms with Crippen LogP contribution in [-0.2, 0) is 16.2 Å². The number of carbonyl (C=O) groups excluding carboxylic acids is 1. The van der Waals surface area contributed by atoms with E-state index in [1.807, 2.05) is 24.3 Å². The fraction of sp³-hybridized carbons (Fsp3) is 0.238. The lowest BCUT2D eigenvalue weighted by Gasteiger charge is -2.17. The molecule has 1 aliphatic rings. The van der Waals surface area contributed by atoms with Gasteiger partial charge in [0.25, 0.3) is 5.91 Å². The Morgan fingerprint density at radius 3 is 2.22 bits per heavy atom. The Labute approximate surface area is 162 Å². The quantitative estimate of drug-likeness (QED) is 0.748. The summed E-state index contributed by atoms with van der Waals surface area (Å²) in [4.78, 5) is 23.7. The smallest absolute Gasteiger partial charge is 0.332 e. The van der Waals surface area contributed by atoms with Crippen molar-refractivity contribution in [2.24, 2.45) is 0 Å². The van der Waals surface area contributed by atoms with E-state index in [1.54, 1.807) is 24.3 Å². The second-order valence-corrected chi connectivity index (χ2v) is 6.80. The summed E-state index contributed by atoms with van der Waals surface area (Å²) < 4.78 is 5.71. The van der Waals surface area contributed by atoms with Gasteiger partial charge < -0.3 is 15.2 Å². The Kier molecular flexibility index (Phi) is 6.14. The van der Waals surface area contributed by atoms with Crippen LogP contribution in [0.1, 0.15) is 31.2 Å². The van der Waals surface area contributed by atoms with E-state index in [4.69, 9.17) is 16.3 Å². The molecule has 1 amide bonds. The van der Waals surface area contributed by atoms with Crippen LogP contribution >= 0.6 is 11.6 Å². The molecule has 0 fully saturated rings. The Hall–Kier alpha value is -2.79. The van der Waals surface area contributed by atoms with E-state index in [0.29, 0.717) is 41.5 Å². The normalized spacial score (nSPS) is 14.0. The maximum Gasteiger partial charge on any atom is 0.332 e. The van der Waals surface area contributed by atoms with Crippen molar-refractivity contribution in [1.82, 2.24) is 0 Å². The first-order valence-corrected chi connectivity index (χ1v) is 9.14. The molecule has 0 unspecified atom stereocenters. The fourth-order valence-corrected chi connectivity index (χ4v) is 3.11. The predicted octanol–water partition coefficient (Wildman–Crippen LogP) is 4.81. The molecule has 27 heavy (non-hydrogen) atoms. The van der Waals surface area contributed by atoms with E-state index in [0.717, 1.165) is 18.4 Å². The highest BCUT2D eigenvalue weighted by Crippen LogP contribution is 2.26. The zero-order valence-corrected chi connectivity index (χ0v) is 15.5. The summed E-state index contributed by atoms with van der Waals surface area (Å²) in [5, 5.41) is 12.7. The summed E-state index contributed by atoms with van der Waals surface area (Å²) in [6.45, 7) is 0.414. The number of benzene rings is 2. The van der Waals surface area contributed by atoms with Gasteiger partial charge in [-0.1, -0.05) is 23.7 Å². The average Bonchev–Trinajstić information content (AvgIpc) is 2.68. The van der Waals surface area contributed by atoms with Gasteiger partial charge >= 0.3 is 5.97 Å². The molecule has 0 heterocycles. The number of carboxylic acid groups (broad SMARTS) is 1. The minimum atomic E-state index is -1.01. The van der Waals surface area contributed by atoms with E-state index in [9.17, 15) is 14.7 Å². The van der Waals surface area contributed by atoms with Crippen LogP contribution in [0.25, 0.3) is 0 Å². The monoisotopic (exact) mass is 385 g/mol. The van der Waals surface area contributed by atoms with Crippen molar-refractivity contribution in [2.45, 2.75) is 32.3 Å². The molecule has 1 aliphatic carbocycles. The second-order valence-electron chi connectivity index (χ2n) is 6.36. The van der Waals surface area contributed by atoms with Crippen LogP contribution in [0.2, 0.25) is 5.02 Å². The van der Waals surface area contributed by atoms with Crippen molar-refractivity contribution in [3.05, 3.63) is 70.3 Å². The van der Waals surface area contributed by atoms with Crippen molar-refractivity contribution in [3.8, 4) is 5.75 Å². The number of amides is 1. The van der Waals surface area contributed by atoms with Crippen molar-refractivity contribution >= 4 is 29.2 Å². The molecule has 0 saturated heterocycles. The van der Waals surface area contributed by atoms with Crippen LogP contribution in [0.15, 0.2) is 59.7 Å². The standard InChI is InChI=1S/C21H20ClNO4/c22-15-7-5-14(6-8-15)13-27-17-11-9-16(10-12-17)23-20(24)18-3-1-2-4-19(18)21(25)26/h5-12H,1-4,13H2,(H,23,24)(H,25,26). The van der Waals surface area contributed by atoms with Crippen molar-refractivity contribution in [1.29, 1.82) is 0 Å². The highest BCUT2D eigenvalue weighted by molar-refractivity contribution is 6.30. The second kappa shape index (κ2) is 8.73. The lowest BCUT2D eigenvalue weighted by molar-refractivity contribution is -0.133. The number of ether oxygens (including phenoxy) is 1. The first-order valence-electron chi connectivity index (χ1n) is 8.77. The molecular formula is C21H20ClNO4. The molecule has 2 N–H and O–H groups in total. The highest BCUT2D eigenvalue weighted by atomic mass is 35.5. The summed E-state index contributed by atoms with van der Waals surface area (Å²) in [6.07, 6.45) is 2.57. The fourth-order valence-electron chi connectivity index (χ4n) is 2.98. The van der Waals surface area contributed by atoms with E-state index in [-0.39, 0.29) is 11.5 Å². The summed E-state index contributed by atoms with van der Waals surface area (Å²) in [5.74, 6) is -0.682. The molecule has 5 nitrogen and oxygen atoms in total. The van der Waals surface area contributed by atoms with Gasteiger partial charge in [-0.15, -0.1) is 0 Å². The van der Waals surface area contributed by atoms with Crippen LogP contribution in [0.4, 0.5) is 5.69 Å². The molecule has 0 aromatic heterocycles. The molecular weight excluding hydrogens is 366 g/mol. The molecule has 0 radical (unpaired) electrons. The van der Waals surface area contributed by atoms with Crippen LogP contribution in [0.5, 0.6) is 5.75 Å². The number of nitrogens with one attached hydrogen (secondary N) is 1. The van der Waals surface area contributed by atoms with Crippen molar-refractivity contribution in [2.75, 3.05) is 5.32 Å². The Morgan fingerprint density at radius 2 is 1.59 bits per heavy atom. The summed E-state index contributed by atoms with van der Waals surface area (Å²) in [5.41, 5.74) is 2.20. The van der Waals surface area contributed by atoms with Crippen molar-refractivity contribution < 1.29 is 19.4 Å². The number of hydrogen-bond acceptors (Lipinski definition) is 3. The van der Waals surface area contributed by atoms with Gasteiger partial charge in [0.15, 0.2) is 0 Å². The number of hydrogen-bond donors (Lipinski definition) is 2. The molecule has 0 saturated carbocycles. The summed E-state index contributed by atoms with van der Waals surface area (Å²) >= 11 is 5.86. The van der Waals surface area contributed by atoms with Crippen LogP contribution in [0, 0.1) is 0 Å². The Balaban J connectivity index is 1.61. The Bertz CT molecular complexity index is 857.